The molecule has 2 aromatic heterocycles. The van der Waals surface area contributed by atoms with Crippen LogP contribution in [0.4, 0.5) is 0 Å². The Morgan fingerprint density at radius 2 is 2.27 bits per heavy atom. The minimum absolute atomic E-state index is 0.123. The van der Waals surface area contributed by atoms with Crippen LogP contribution in [-0.4, -0.2) is 24.5 Å². The van der Waals surface area contributed by atoms with Gasteiger partial charge in [0.1, 0.15) is 6.33 Å². The summed E-state index contributed by atoms with van der Waals surface area (Å²) in [7, 11) is 1.72. The number of hydrogen-bond acceptors (Lipinski definition) is 4. The molecule has 2 aromatic rings. The molecule has 0 aliphatic rings. The summed E-state index contributed by atoms with van der Waals surface area (Å²) in [6.07, 6.45) is 2.44. The number of hydrogen-bond donors (Lipinski definition) is 0. The molecule has 0 aliphatic heterocycles. The second-order valence-corrected chi connectivity index (χ2v) is 3.60. The van der Waals surface area contributed by atoms with Crippen LogP contribution >= 0.6 is 0 Å². The zero-order valence-electron chi connectivity index (χ0n) is 9.01. The molecule has 1 atom stereocenters. The van der Waals surface area contributed by atoms with Gasteiger partial charge in [0, 0.05) is 13.1 Å². The van der Waals surface area contributed by atoms with Gasteiger partial charge < -0.3 is 0 Å². The zero-order chi connectivity index (χ0) is 11.0. The first-order valence-electron chi connectivity index (χ1n) is 4.91. The van der Waals surface area contributed by atoms with Crippen LogP contribution in [0.15, 0.2) is 11.1 Å². The summed E-state index contributed by atoms with van der Waals surface area (Å²) in [6, 6.07) is 0.136. The molecule has 0 unspecified atom stereocenters. The Kier molecular flexibility index (Phi) is 2.26. The van der Waals surface area contributed by atoms with Crippen molar-refractivity contribution in [3.63, 3.8) is 0 Å². The van der Waals surface area contributed by atoms with E-state index in [1.165, 1.54) is 4.68 Å². The van der Waals surface area contributed by atoms with Gasteiger partial charge in [-0.25, -0.2) is 9.67 Å². The van der Waals surface area contributed by atoms with Gasteiger partial charge in [0.15, 0.2) is 11.2 Å². The highest BCUT2D eigenvalue weighted by molar-refractivity contribution is 5.67. The SMILES string of the molecule is CC[C@H](C)n1cnc2c(nnn2C)c1=O. The molecule has 0 amide bonds. The highest BCUT2D eigenvalue weighted by Gasteiger charge is 2.12. The first-order chi connectivity index (χ1) is 7.15. The maximum atomic E-state index is 11.9. The standard InChI is InChI=1S/C9H13N5O/c1-4-6(2)14-5-10-8-7(9(14)15)11-12-13(8)3/h5-6H,4H2,1-3H3/t6-/m0/s1. The highest BCUT2D eigenvalue weighted by atomic mass is 16.1. The predicted octanol–water partition coefficient (Wildman–Crippen LogP) is 0.496. The Labute approximate surface area is 86.5 Å². The van der Waals surface area contributed by atoms with Gasteiger partial charge in [-0.05, 0) is 13.3 Å². The van der Waals surface area contributed by atoms with Crippen LogP contribution < -0.4 is 5.56 Å². The fourth-order valence-electron chi connectivity index (χ4n) is 1.44. The van der Waals surface area contributed by atoms with Crippen molar-refractivity contribution in [3.8, 4) is 0 Å². The highest BCUT2D eigenvalue weighted by Crippen LogP contribution is 2.07. The summed E-state index contributed by atoms with van der Waals surface area (Å²) in [5.41, 5.74) is 0.738. The number of nitrogens with zero attached hydrogens (tertiary/aromatic N) is 5. The largest absolute Gasteiger partial charge is 0.294 e. The van der Waals surface area contributed by atoms with Crippen LogP contribution in [-0.2, 0) is 7.05 Å². The molecule has 0 bridgehead atoms. The van der Waals surface area contributed by atoms with E-state index in [1.54, 1.807) is 17.9 Å². The Balaban J connectivity index is 2.71. The summed E-state index contributed by atoms with van der Waals surface area (Å²) in [5.74, 6) is 0. The molecular formula is C9H13N5O. The summed E-state index contributed by atoms with van der Waals surface area (Å²) in [4.78, 5) is 16.1. The van der Waals surface area contributed by atoms with E-state index in [-0.39, 0.29) is 11.6 Å². The Hall–Kier alpha value is -1.72. The van der Waals surface area contributed by atoms with Crippen LogP contribution in [0, 0.1) is 0 Å². The first kappa shape index (κ1) is 9.82. The third kappa shape index (κ3) is 1.42. The molecule has 0 N–H and O–H groups in total. The lowest BCUT2D eigenvalue weighted by Crippen LogP contribution is -2.23. The summed E-state index contributed by atoms with van der Waals surface area (Å²) >= 11 is 0. The van der Waals surface area contributed by atoms with Crippen molar-refractivity contribution in [1.29, 1.82) is 0 Å². The van der Waals surface area contributed by atoms with Gasteiger partial charge in [-0.2, -0.15) is 0 Å². The number of rotatable bonds is 2. The first-order valence-corrected chi connectivity index (χ1v) is 4.91. The van der Waals surface area contributed by atoms with E-state index in [0.717, 1.165) is 6.42 Å². The van der Waals surface area contributed by atoms with Crippen molar-refractivity contribution in [1.82, 2.24) is 24.5 Å². The van der Waals surface area contributed by atoms with Crippen LogP contribution in [0.1, 0.15) is 26.3 Å². The quantitative estimate of drug-likeness (QED) is 0.719. The molecule has 0 saturated carbocycles. The van der Waals surface area contributed by atoms with E-state index in [2.05, 4.69) is 15.3 Å². The third-order valence-electron chi connectivity index (χ3n) is 2.60. The summed E-state index contributed by atoms with van der Waals surface area (Å²) in [6.45, 7) is 4.00. The Morgan fingerprint density at radius 1 is 1.53 bits per heavy atom. The molecule has 0 aliphatic carbocycles. The van der Waals surface area contributed by atoms with Gasteiger partial charge in [-0.3, -0.25) is 9.36 Å². The van der Waals surface area contributed by atoms with Gasteiger partial charge in [0.2, 0.25) is 0 Å². The van der Waals surface area contributed by atoms with Gasteiger partial charge in [0.25, 0.3) is 5.56 Å². The summed E-state index contributed by atoms with van der Waals surface area (Å²) in [5, 5.41) is 7.59. The number of aryl methyl sites for hydroxylation is 1. The smallest absolute Gasteiger partial charge is 0.283 e. The van der Waals surface area contributed by atoms with Gasteiger partial charge >= 0.3 is 0 Å². The number of fused-ring (bicyclic) bond motifs is 1. The van der Waals surface area contributed by atoms with Crippen molar-refractivity contribution in [2.24, 2.45) is 7.05 Å². The molecule has 0 saturated heterocycles. The second-order valence-electron chi connectivity index (χ2n) is 3.60. The Bertz CT molecular complexity index is 541. The molecule has 2 heterocycles. The lowest BCUT2D eigenvalue weighted by Gasteiger charge is -2.10. The fourth-order valence-corrected chi connectivity index (χ4v) is 1.44. The maximum absolute atomic E-state index is 11.9. The second kappa shape index (κ2) is 3.45. The van der Waals surface area contributed by atoms with Crippen molar-refractivity contribution in [2.75, 3.05) is 0 Å². The minimum Gasteiger partial charge on any atom is -0.294 e. The number of aromatic nitrogens is 5. The molecular weight excluding hydrogens is 194 g/mol. The van der Waals surface area contributed by atoms with Gasteiger partial charge in [-0.1, -0.05) is 12.1 Å². The van der Waals surface area contributed by atoms with Gasteiger partial charge in [0.05, 0.1) is 0 Å². The minimum atomic E-state index is -0.123. The molecule has 6 nitrogen and oxygen atoms in total. The van der Waals surface area contributed by atoms with Crippen LogP contribution in [0.2, 0.25) is 0 Å². The average molecular weight is 207 g/mol. The van der Waals surface area contributed by atoms with Crippen LogP contribution in [0.5, 0.6) is 0 Å². The third-order valence-corrected chi connectivity index (χ3v) is 2.60. The zero-order valence-corrected chi connectivity index (χ0v) is 9.01. The molecule has 2 rings (SSSR count). The topological polar surface area (TPSA) is 65.6 Å². The van der Waals surface area contributed by atoms with Gasteiger partial charge in [-0.15, -0.1) is 5.10 Å². The maximum Gasteiger partial charge on any atom is 0.283 e. The van der Waals surface area contributed by atoms with E-state index in [4.69, 9.17) is 0 Å². The average Bonchev–Trinajstić information content (AvgIpc) is 2.61. The normalized spacial score (nSPS) is 13.3. The lowest BCUT2D eigenvalue weighted by molar-refractivity contribution is 0.510. The predicted molar refractivity (Wildman–Crippen MR) is 55.6 cm³/mol. The monoisotopic (exact) mass is 207 g/mol. The molecule has 0 radical (unpaired) electrons. The van der Waals surface area contributed by atoms with E-state index in [9.17, 15) is 4.79 Å². The summed E-state index contributed by atoms with van der Waals surface area (Å²) < 4.78 is 3.09. The molecule has 80 valence electrons. The Morgan fingerprint density at radius 3 is 2.93 bits per heavy atom. The molecule has 0 fully saturated rings. The van der Waals surface area contributed by atoms with E-state index >= 15 is 0 Å². The van der Waals surface area contributed by atoms with Crippen molar-refractivity contribution >= 4 is 11.2 Å². The molecule has 15 heavy (non-hydrogen) atoms. The van der Waals surface area contributed by atoms with E-state index in [0.29, 0.717) is 11.2 Å². The van der Waals surface area contributed by atoms with Crippen LogP contribution in [0.25, 0.3) is 11.2 Å². The fraction of sp³-hybridized carbons (Fsp3) is 0.556. The molecule has 0 aromatic carbocycles. The van der Waals surface area contributed by atoms with Crippen molar-refractivity contribution in [3.05, 3.63) is 16.7 Å². The lowest BCUT2D eigenvalue weighted by atomic mass is 10.2. The van der Waals surface area contributed by atoms with Crippen molar-refractivity contribution < 1.29 is 0 Å². The van der Waals surface area contributed by atoms with Crippen molar-refractivity contribution in [2.45, 2.75) is 26.3 Å². The molecule has 6 heteroatoms. The van der Waals surface area contributed by atoms with E-state index in [1.807, 2.05) is 13.8 Å². The van der Waals surface area contributed by atoms with Crippen LogP contribution in [0.3, 0.4) is 0 Å². The molecule has 0 spiro atoms. The van der Waals surface area contributed by atoms with E-state index < -0.39 is 0 Å².